The highest BCUT2D eigenvalue weighted by Gasteiger charge is 2.29. The van der Waals surface area contributed by atoms with E-state index in [4.69, 9.17) is 16.3 Å². The Morgan fingerprint density at radius 1 is 1.53 bits per heavy atom. The molecule has 0 amide bonds. The molecular weight excluding hydrogens is 307 g/mol. The zero-order valence-electron chi connectivity index (χ0n) is 8.81. The summed E-state index contributed by atoms with van der Waals surface area (Å²) in [7, 11) is 0. The minimum atomic E-state index is -0.482. The maximum atomic E-state index is 9.87. The molecule has 0 bridgehead atoms. The normalized spacial score (nSPS) is 24.6. The quantitative estimate of drug-likeness (QED) is 0.822. The van der Waals surface area contributed by atoms with Gasteiger partial charge in [-0.2, -0.15) is 0 Å². The Labute approximate surface area is 111 Å². The molecule has 1 aliphatic rings. The molecule has 0 aromatic carbocycles. The number of fused-ring (bicyclic) bond motifs is 1. The van der Waals surface area contributed by atoms with Crippen molar-refractivity contribution in [3.8, 4) is 0 Å². The van der Waals surface area contributed by atoms with Crippen molar-refractivity contribution in [2.24, 2.45) is 0 Å². The molecule has 0 spiro atoms. The van der Waals surface area contributed by atoms with E-state index in [1.807, 2.05) is 16.8 Å². The van der Waals surface area contributed by atoms with Gasteiger partial charge >= 0.3 is 0 Å². The van der Waals surface area contributed by atoms with E-state index in [1.54, 1.807) is 6.20 Å². The summed E-state index contributed by atoms with van der Waals surface area (Å²) in [5, 5.41) is 11.2. The molecule has 1 N–H and O–H groups in total. The van der Waals surface area contributed by atoms with E-state index < -0.39 is 6.10 Å². The first-order valence-corrected chi connectivity index (χ1v) is 6.42. The lowest BCUT2D eigenvalue weighted by molar-refractivity contribution is 0.120. The van der Waals surface area contributed by atoms with Gasteiger partial charge in [-0.25, -0.2) is 4.98 Å². The number of aliphatic hydroxyl groups is 1. The fourth-order valence-corrected chi connectivity index (χ4v) is 3.17. The molecular formula is C11H10BrClN2O2. The Morgan fingerprint density at radius 2 is 2.35 bits per heavy atom. The van der Waals surface area contributed by atoms with Gasteiger partial charge in [-0.3, -0.25) is 0 Å². The second kappa shape index (κ2) is 4.24. The molecule has 1 aliphatic heterocycles. The standard InChI is InChI=1S/C11H10BrClN2O2/c12-6-3-15(8-4-17-5-9(8)16)7-1-2-14-11(13)10(6)7/h1-3,8-9,16H,4-5H2/t8-,9-/m0/s1. The van der Waals surface area contributed by atoms with E-state index in [0.717, 1.165) is 15.4 Å². The Hall–Kier alpha value is -0.620. The maximum Gasteiger partial charge on any atom is 0.139 e. The molecule has 3 heterocycles. The topological polar surface area (TPSA) is 47.3 Å². The monoisotopic (exact) mass is 316 g/mol. The van der Waals surface area contributed by atoms with E-state index in [-0.39, 0.29) is 6.04 Å². The SMILES string of the molecule is O[C@H]1COC[C@@H]1n1cc(Br)c2c(Cl)nccc21. The summed E-state index contributed by atoms with van der Waals surface area (Å²) in [4.78, 5) is 4.06. The van der Waals surface area contributed by atoms with Crippen molar-refractivity contribution in [2.75, 3.05) is 13.2 Å². The molecule has 1 fully saturated rings. The molecule has 0 radical (unpaired) electrons. The van der Waals surface area contributed by atoms with Crippen LogP contribution in [0.3, 0.4) is 0 Å². The number of halogens is 2. The predicted molar refractivity (Wildman–Crippen MR) is 68.3 cm³/mol. The lowest BCUT2D eigenvalue weighted by atomic mass is 10.2. The third-order valence-corrected chi connectivity index (χ3v) is 3.92. The smallest absolute Gasteiger partial charge is 0.139 e. The summed E-state index contributed by atoms with van der Waals surface area (Å²) in [6.45, 7) is 0.887. The van der Waals surface area contributed by atoms with Crippen LogP contribution in [0.5, 0.6) is 0 Å². The van der Waals surface area contributed by atoms with Gasteiger partial charge in [0.25, 0.3) is 0 Å². The molecule has 0 aliphatic carbocycles. The van der Waals surface area contributed by atoms with Gasteiger partial charge in [-0.05, 0) is 22.0 Å². The zero-order chi connectivity index (χ0) is 12.0. The third-order valence-electron chi connectivity index (χ3n) is 3.03. The van der Waals surface area contributed by atoms with Gasteiger partial charge < -0.3 is 14.4 Å². The number of ether oxygens (including phenoxy) is 1. The molecule has 17 heavy (non-hydrogen) atoms. The number of hydrogen-bond donors (Lipinski definition) is 1. The highest BCUT2D eigenvalue weighted by Crippen LogP contribution is 2.34. The molecule has 0 unspecified atom stereocenters. The molecule has 2 atom stereocenters. The molecule has 3 rings (SSSR count). The van der Waals surface area contributed by atoms with Crippen LogP contribution in [0.25, 0.3) is 10.9 Å². The van der Waals surface area contributed by atoms with E-state index >= 15 is 0 Å². The Morgan fingerprint density at radius 3 is 3.06 bits per heavy atom. The number of rotatable bonds is 1. The second-order valence-electron chi connectivity index (χ2n) is 4.05. The van der Waals surface area contributed by atoms with Crippen LogP contribution in [-0.2, 0) is 4.74 Å². The lowest BCUT2D eigenvalue weighted by Crippen LogP contribution is -2.21. The highest BCUT2D eigenvalue weighted by atomic mass is 79.9. The van der Waals surface area contributed by atoms with Crippen LogP contribution in [0.4, 0.5) is 0 Å². The first-order chi connectivity index (χ1) is 8.18. The fraction of sp³-hybridized carbons (Fsp3) is 0.364. The number of hydrogen-bond acceptors (Lipinski definition) is 3. The van der Waals surface area contributed by atoms with E-state index in [1.165, 1.54) is 0 Å². The van der Waals surface area contributed by atoms with E-state index in [9.17, 15) is 5.11 Å². The van der Waals surface area contributed by atoms with Crippen molar-refractivity contribution in [2.45, 2.75) is 12.1 Å². The minimum Gasteiger partial charge on any atom is -0.388 e. The Kier molecular flexibility index (Phi) is 2.86. The second-order valence-corrected chi connectivity index (χ2v) is 5.26. The molecule has 4 nitrogen and oxygen atoms in total. The van der Waals surface area contributed by atoms with E-state index in [2.05, 4.69) is 20.9 Å². The predicted octanol–water partition coefficient (Wildman–Crippen LogP) is 2.38. The first-order valence-electron chi connectivity index (χ1n) is 5.25. The minimum absolute atomic E-state index is 0.0673. The number of aliphatic hydroxyl groups excluding tert-OH is 1. The van der Waals surface area contributed by atoms with Crippen molar-refractivity contribution in [3.63, 3.8) is 0 Å². The van der Waals surface area contributed by atoms with Gasteiger partial charge in [-0.15, -0.1) is 0 Å². The average Bonchev–Trinajstić information content (AvgIpc) is 2.84. The summed E-state index contributed by atoms with van der Waals surface area (Å²) < 4.78 is 8.15. The van der Waals surface area contributed by atoms with Crippen LogP contribution in [0.15, 0.2) is 22.9 Å². The van der Waals surface area contributed by atoms with Gasteiger partial charge in [0.05, 0.1) is 30.2 Å². The average molecular weight is 318 g/mol. The van der Waals surface area contributed by atoms with Gasteiger partial charge in [0, 0.05) is 16.9 Å². The molecule has 1 saturated heterocycles. The summed E-state index contributed by atoms with van der Waals surface area (Å²) in [6.07, 6.45) is 3.10. The van der Waals surface area contributed by atoms with Gasteiger partial charge in [-0.1, -0.05) is 11.6 Å². The number of pyridine rings is 1. The molecule has 6 heteroatoms. The van der Waals surface area contributed by atoms with Crippen LogP contribution in [0, 0.1) is 0 Å². The highest BCUT2D eigenvalue weighted by molar-refractivity contribution is 9.10. The van der Waals surface area contributed by atoms with E-state index in [0.29, 0.717) is 18.4 Å². The Bertz CT molecular complexity index is 572. The van der Waals surface area contributed by atoms with Gasteiger partial charge in [0.1, 0.15) is 11.3 Å². The van der Waals surface area contributed by atoms with Gasteiger partial charge in [0.2, 0.25) is 0 Å². The van der Waals surface area contributed by atoms with Crippen molar-refractivity contribution < 1.29 is 9.84 Å². The Balaban J connectivity index is 2.20. The van der Waals surface area contributed by atoms with Crippen LogP contribution in [-0.4, -0.2) is 34.0 Å². The molecule has 2 aromatic rings. The van der Waals surface area contributed by atoms with Crippen molar-refractivity contribution in [1.82, 2.24) is 9.55 Å². The third kappa shape index (κ3) is 1.78. The van der Waals surface area contributed by atoms with Crippen LogP contribution >= 0.6 is 27.5 Å². The zero-order valence-corrected chi connectivity index (χ0v) is 11.1. The first kappa shape index (κ1) is 11.5. The maximum absolute atomic E-state index is 9.87. The summed E-state index contributed by atoms with van der Waals surface area (Å²) in [5.41, 5.74) is 0.950. The van der Waals surface area contributed by atoms with Crippen molar-refractivity contribution >= 4 is 38.4 Å². The number of aromatic nitrogens is 2. The summed E-state index contributed by atoms with van der Waals surface area (Å²) in [5.74, 6) is 0. The van der Waals surface area contributed by atoms with Gasteiger partial charge in [0.15, 0.2) is 0 Å². The van der Waals surface area contributed by atoms with Crippen LogP contribution < -0.4 is 0 Å². The molecule has 90 valence electrons. The van der Waals surface area contributed by atoms with Crippen LogP contribution in [0.2, 0.25) is 5.15 Å². The molecule has 0 saturated carbocycles. The van der Waals surface area contributed by atoms with Crippen LogP contribution in [0.1, 0.15) is 6.04 Å². The summed E-state index contributed by atoms with van der Waals surface area (Å²) >= 11 is 9.54. The lowest BCUT2D eigenvalue weighted by Gasteiger charge is -2.15. The molecule has 2 aromatic heterocycles. The number of nitrogens with zero attached hydrogens (tertiary/aromatic N) is 2. The largest absolute Gasteiger partial charge is 0.388 e. The summed E-state index contributed by atoms with van der Waals surface area (Å²) in [6, 6.07) is 1.82. The fourth-order valence-electron chi connectivity index (χ4n) is 2.19. The van der Waals surface area contributed by atoms with Crippen molar-refractivity contribution in [1.29, 1.82) is 0 Å². The van der Waals surface area contributed by atoms with Crippen molar-refractivity contribution in [3.05, 3.63) is 28.1 Å².